The molecule has 1 aromatic carbocycles. The standard InChI is InChI=1S/C15H23N3O/c1-9(2)10(3)17-15(19)18-14-8-7-11-12(14)5-4-6-13(11)16/h4-6,9-10,14H,7-8,16H2,1-3H3,(H2,17,18,19). The SMILES string of the molecule is CC(C)C(C)NC(=O)NC1CCc2c(N)cccc21. The number of anilines is 1. The highest BCUT2D eigenvalue weighted by atomic mass is 16.2. The Morgan fingerprint density at radius 2 is 2.11 bits per heavy atom. The highest BCUT2D eigenvalue weighted by Gasteiger charge is 2.25. The molecule has 2 unspecified atom stereocenters. The molecule has 4 nitrogen and oxygen atoms in total. The van der Waals surface area contributed by atoms with Crippen LogP contribution in [0.3, 0.4) is 0 Å². The molecule has 1 aromatic rings. The zero-order valence-electron chi connectivity index (χ0n) is 11.9. The summed E-state index contributed by atoms with van der Waals surface area (Å²) in [6.45, 7) is 6.21. The summed E-state index contributed by atoms with van der Waals surface area (Å²) in [4.78, 5) is 12.0. The number of rotatable bonds is 3. The fraction of sp³-hybridized carbons (Fsp3) is 0.533. The van der Waals surface area contributed by atoms with Gasteiger partial charge in [-0.05, 0) is 42.9 Å². The van der Waals surface area contributed by atoms with E-state index in [1.165, 1.54) is 5.56 Å². The van der Waals surface area contributed by atoms with Crippen molar-refractivity contribution in [1.29, 1.82) is 0 Å². The molecule has 0 bridgehead atoms. The van der Waals surface area contributed by atoms with Crippen LogP contribution in [0.4, 0.5) is 10.5 Å². The summed E-state index contributed by atoms with van der Waals surface area (Å²) in [6, 6.07) is 6.07. The second-order valence-corrected chi connectivity index (χ2v) is 5.66. The third-order valence-electron chi connectivity index (χ3n) is 3.97. The number of carbonyl (C=O) groups excluding carboxylic acids is 1. The van der Waals surface area contributed by atoms with Crippen LogP contribution in [0.1, 0.15) is 44.4 Å². The molecule has 0 heterocycles. The van der Waals surface area contributed by atoms with Gasteiger partial charge in [0.1, 0.15) is 0 Å². The molecular weight excluding hydrogens is 238 g/mol. The maximum Gasteiger partial charge on any atom is 0.315 e. The number of hydrogen-bond donors (Lipinski definition) is 3. The Kier molecular flexibility index (Phi) is 3.98. The van der Waals surface area contributed by atoms with E-state index < -0.39 is 0 Å². The number of amides is 2. The average Bonchev–Trinajstić information content (AvgIpc) is 2.73. The fourth-order valence-corrected chi connectivity index (χ4v) is 2.41. The van der Waals surface area contributed by atoms with Gasteiger partial charge in [-0.25, -0.2) is 4.79 Å². The second kappa shape index (κ2) is 5.51. The summed E-state index contributed by atoms with van der Waals surface area (Å²) < 4.78 is 0. The minimum absolute atomic E-state index is 0.0814. The lowest BCUT2D eigenvalue weighted by atomic mass is 10.1. The molecule has 0 spiro atoms. The third kappa shape index (κ3) is 3.00. The number of nitrogens with two attached hydrogens (primary N) is 1. The van der Waals surface area contributed by atoms with Crippen molar-refractivity contribution >= 4 is 11.7 Å². The Hall–Kier alpha value is -1.71. The first-order valence-electron chi connectivity index (χ1n) is 6.93. The number of hydrogen-bond acceptors (Lipinski definition) is 2. The Morgan fingerprint density at radius 3 is 2.79 bits per heavy atom. The minimum Gasteiger partial charge on any atom is -0.398 e. The zero-order chi connectivity index (χ0) is 14.0. The normalized spacial score (nSPS) is 19.1. The Morgan fingerprint density at radius 1 is 1.37 bits per heavy atom. The van der Waals surface area contributed by atoms with Gasteiger partial charge >= 0.3 is 6.03 Å². The van der Waals surface area contributed by atoms with Crippen LogP contribution < -0.4 is 16.4 Å². The number of fused-ring (bicyclic) bond motifs is 1. The molecule has 0 fully saturated rings. The largest absolute Gasteiger partial charge is 0.398 e. The summed E-state index contributed by atoms with van der Waals surface area (Å²) in [5, 5.41) is 6.01. The molecule has 1 aliphatic rings. The Labute approximate surface area is 114 Å². The average molecular weight is 261 g/mol. The number of nitrogens with one attached hydrogen (secondary N) is 2. The molecule has 4 N–H and O–H groups in total. The van der Waals surface area contributed by atoms with Crippen molar-refractivity contribution in [3.63, 3.8) is 0 Å². The van der Waals surface area contributed by atoms with Crippen molar-refractivity contribution in [2.45, 2.75) is 45.7 Å². The molecule has 0 aliphatic heterocycles. The molecule has 0 aromatic heterocycles. The Bertz CT molecular complexity index is 470. The molecule has 0 radical (unpaired) electrons. The van der Waals surface area contributed by atoms with Crippen molar-refractivity contribution < 1.29 is 4.79 Å². The maximum atomic E-state index is 12.0. The van der Waals surface area contributed by atoms with Crippen LogP contribution in [0.2, 0.25) is 0 Å². The molecule has 1 aliphatic carbocycles. The zero-order valence-corrected chi connectivity index (χ0v) is 11.9. The topological polar surface area (TPSA) is 67.2 Å². The van der Waals surface area contributed by atoms with Crippen LogP contribution in [-0.2, 0) is 6.42 Å². The van der Waals surface area contributed by atoms with E-state index in [1.807, 2.05) is 19.1 Å². The summed E-state index contributed by atoms with van der Waals surface area (Å²) in [5.74, 6) is 0.428. The molecule has 0 saturated carbocycles. The summed E-state index contributed by atoms with van der Waals surface area (Å²) in [7, 11) is 0. The molecule has 2 rings (SSSR count). The lowest BCUT2D eigenvalue weighted by Crippen LogP contribution is -2.43. The predicted molar refractivity (Wildman–Crippen MR) is 77.9 cm³/mol. The molecule has 104 valence electrons. The molecule has 2 atom stereocenters. The Balaban J connectivity index is 2.00. The van der Waals surface area contributed by atoms with Gasteiger partial charge in [0.25, 0.3) is 0 Å². The summed E-state index contributed by atoms with van der Waals surface area (Å²) in [6.07, 6.45) is 1.86. The second-order valence-electron chi connectivity index (χ2n) is 5.66. The fourth-order valence-electron chi connectivity index (χ4n) is 2.41. The van der Waals surface area contributed by atoms with Gasteiger partial charge in [-0.1, -0.05) is 26.0 Å². The van der Waals surface area contributed by atoms with Crippen LogP contribution >= 0.6 is 0 Å². The lowest BCUT2D eigenvalue weighted by molar-refractivity contribution is 0.230. The van der Waals surface area contributed by atoms with Gasteiger partial charge in [0.05, 0.1) is 6.04 Å². The van der Waals surface area contributed by atoms with E-state index in [9.17, 15) is 4.79 Å². The number of urea groups is 1. The van der Waals surface area contributed by atoms with Crippen LogP contribution in [0.15, 0.2) is 18.2 Å². The quantitative estimate of drug-likeness (QED) is 0.732. The number of carbonyl (C=O) groups is 1. The highest BCUT2D eigenvalue weighted by Crippen LogP contribution is 2.34. The maximum absolute atomic E-state index is 12.0. The van der Waals surface area contributed by atoms with E-state index in [0.717, 1.165) is 24.1 Å². The van der Waals surface area contributed by atoms with Crippen LogP contribution in [0, 0.1) is 5.92 Å². The minimum atomic E-state index is -0.0959. The van der Waals surface area contributed by atoms with Crippen molar-refractivity contribution in [2.75, 3.05) is 5.73 Å². The smallest absolute Gasteiger partial charge is 0.315 e. The van der Waals surface area contributed by atoms with Gasteiger partial charge in [-0.15, -0.1) is 0 Å². The van der Waals surface area contributed by atoms with E-state index in [2.05, 4.69) is 30.5 Å². The van der Waals surface area contributed by atoms with Crippen LogP contribution in [0.5, 0.6) is 0 Å². The molecule has 4 heteroatoms. The van der Waals surface area contributed by atoms with Crippen LogP contribution in [0.25, 0.3) is 0 Å². The molecule has 0 saturated heterocycles. The van der Waals surface area contributed by atoms with Crippen LogP contribution in [-0.4, -0.2) is 12.1 Å². The first-order chi connectivity index (χ1) is 8.99. The van der Waals surface area contributed by atoms with Gasteiger partial charge in [-0.2, -0.15) is 0 Å². The molecule has 19 heavy (non-hydrogen) atoms. The van der Waals surface area contributed by atoms with Crippen molar-refractivity contribution in [3.05, 3.63) is 29.3 Å². The van der Waals surface area contributed by atoms with Gasteiger partial charge in [-0.3, -0.25) is 0 Å². The monoisotopic (exact) mass is 261 g/mol. The molecule has 2 amide bonds. The van der Waals surface area contributed by atoms with Gasteiger partial charge in [0, 0.05) is 11.7 Å². The van der Waals surface area contributed by atoms with Gasteiger partial charge in [0.2, 0.25) is 0 Å². The molecular formula is C15H23N3O. The van der Waals surface area contributed by atoms with Crippen molar-refractivity contribution in [1.82, 2.24) is 10.6 Å². The van der Waals surface area contributed by atoms with E-state index in [4.69, 9.17) is 5.73 Å². The third-order valence-corrected chi connectivity index (χ3v) is 3.97. The first-order valence-corrected chi connectivity index (χ1v) is 6.93. The summed E-state index contributed by atoms with van der Waals surface area (Å²) in [5.41, 5.74) is 9.13. The van der Waals surface area contributed by atoms with Crippen molar-refractivity contribution in [2.24, 2.45) is 5.92 Å². The van der Waals surface area contributed by atoms with Gasteiger partial charge < -0.3 is 16.4 Å². The van der Waals surface area contributed by atoms with E-state index in [-0.39, 0.29) is 18.1 Å². The first kappa shape index (κ1) is 13.7. The lowest BCUT2D eigenvalue weighted by Gasteiger charge is -2.20. The predicted octanol–water partition coefficient (Wildman–Crippen LogP) is 2.60. The number of nitrogen functional groups attached to an aromatic ring is 1. The summed E-state index contributed by atoms with van der Waals surface area (Å²) >= 11 is 0. The van der Waals surface area contributed by atoms with Gasteiger partial charge in [0.15, 0.2) is 0 Å². The highest BCUT2D eigenvalue weighted by molar-refractivity contribution is 5.75. The number of benzene rings is 1. The van der Waals surface area contributed by atoms with E-state index >= 15 is 0 Å². The van der Waals surface area contributed by atoms with Crippen molar-refractivity contribution in [3.8, 4) is 0 Å². The van der Waals surface area contributed by atoms with E-state index in [1.54, 1.807) is 0 Å². The van der Waals surface area contributed by atoms with E-state index in [0.29, 0.717) is 5.92 Å².